The van der Waals surface area contributed by atoms with Gasteiger partial charge in [-0.1, -0.05) is 197 Å². The molecule has 0 saturated heterocycles. The van der Waals surface area contributed by atoms with Crippen molar-refractivity contribution in [1.29, 1.82) is 0 Å². The van der Waals surface area contributed by atoms with Crippen molar-refractivity contribution in [3.63, 3.8) is 0 Å². The summed E-state index contributed by atoms with van der Waals surface area (Å²) in [6.07, 6.45) is 1.93. The van der Waals surface area contributed by atoms with Gasteiger partial charge in [0.25, 0.3) is 0 Å². The number of pyridine rings is 1. The van der Waals surface area contributed by atoms with Gasteiger partial charge in [0.2, 0.25) is 0 Å². The van der Waals surface area contributed by atoms with Crippen molar-refractivity contribution in [2.75, 3.05) is 11.9 Å². The van der Waals surface area contributed by atoms with Crippen LogP contribution in [0, 0.1) is 13.8 Å². The summed E-state index contributed by atoms with van der Waals surface area (Å²) < 4.78 is 2.37. The Morgan fingerprint density at radius 2 is 1.08 bits per heavy atom. The van der Waals surface area contributed by atoms with E-state index < -0.39 is 0 Å². The molecule has 6 aromatic carbocycles. The van der Waals surface area contributed by atoms with Gasteiger partial charge < -0.3 is 9.92 Å². The summed E-state index contributed by atoms with van der Waals surface area (Å²) in [5.74, 6) is 4.33. The fraction of sp³-hybridized carbons (Fsp3) is 0.292. The lowest BCUT2D eigenvalue weighted by Crippen LogP contribution is -2.50. The topological polar surface area (TPSA) is 54.2 Å². The Labute approximate surface area is 424 Å². The smallest absolute Gasteiger partial charge is 0.318 e. The number of rotatable bonds is 7. The molecule has 1 aliphatic rings. The number of aromatic hydroxyl groups is 1. The molecule has 0 unspecified atom stereocenters. The molecule has 0 fully saturated rings. The standard InChI is InChI=1S/C65H71BN4O/c1-41-23-22-24-42(2)57(41)66-40-53(46-33-47(35-49(34-46)63(6,7)8)55-36-45(31-32-67-55)43-25-18-16-19-26-43)58-61(69(66)15)70(56-30-29-48(62(3,4)5)37-51(56)44-27-20-17-21-28-44)60(68-58)52-38-50(64(9,10)11)39-54(59(52)71)65(12,13)14/h16-40,71H,1-15H3. The van der Waals surface area contributed by atoms with Gasteiger partial charge in [-0.2, -0.15) is 0 Å². The fourth-order valence-corrected chi connectivity index (χ4v) is 10.2. The summed E-state index contributed by atoms with van der Waals surface area (Å²) in [7, 11) is 2.22. The minimum Gasteiger partial charge on any atom is -0.507 e. The number of hydrogen-bond donors (Lipinski definition) is 1. The molecule has 0 atom stereocenters. The van der Waals surface area contributed by atoms with Crippen LogP contribution < -0.4 is 10.3 Å². The number of anilines is 1. The number of aryl methyl sites for hydroxylation is 2. The van der Waals surface area contributed by atoms with Crippen LogP contribution in [0.3, 0.4) is 0 Å². The lowest BCUT2D eigenvalue weighted by atomic mass is 9.49. The molecule has 5 nitrogen and oxygen atoms in total. The number of nitrogens with zero attached hydrogens (tertiary/aromatic N) is 4. The summed E-state index contributed by atoms with van der Waals surface area (Å²) in [6.45, 7) is 31.3. The monoisotopic (exact) mass is 935 g/mol. The Kier molecular flexibility index (Phi) is 12.5. The van der Waals surface area contributed by atoms with E-state index in [1.165, 1.54) is 27.7 Å². The predicted molar refractivity (Wildman–Crippen MR) is 303 cm³/mol. The summed E-state index contributed by atoms with van der Waals surface area (Å²) >= 11 is 0. The van der Waals surface area contributed by atoms with Gasteiger partial charge in [-0.05, 0) is 129 Å². The maximum atomic E-state index is 12.9. The largest absolute Gasteiger partial charge is 0.507 e. The van der Waals surface area contributed by atoms with Crippen molar-refractivity contribution in [1.82, 2.24) is 14.5 Å². The second-order valence-corrected chi connectivity index (χ2v) is 24.0. The Morgan fingerprint density at radius 3 is 1.69 bits per heavy atom. The van der Waals surface area contributed by atoms with E-state index in [1.807, 2.05) is 6.20 Å². The molecule has 360 valence electrons. The van der Waals surface area contributed by atoms with Crippen LogP contribution in [0.5, 0.6) is 5.75 Å². The normalized spacial score (nSPS) is 13.4. The first-order valence-electron chi connectivity index (χ1n) is 25.3. The predicted octanol–water partition coefficient (Wildman–Crippen LogP) is 15.8. The lowest BCUT2D eigenvalue weighted by Gasteiger charge is -2.34. The fourth-order valence-electron chi connectivity index (χ4n) is 10.2. The van der Waals surface area contributed by atoms with Crippen LogP contribution in [-0.2, 0) is 21.7 Å². The van der Waals surface area contributed by atoms with Gasteiger partial charge in [-0.3, -0.25) is 9.55 Å². The molecule has 3 heterocycles. The van der Waals surface area contributed by atoms with E-state index in [1.54, 1.807) is 0 Å². The van der Waals surface area contributed by atoms with Crippen LogP contribution in [0.2, 0.25) is 0 Å². The van der Waals surface area contributed by atoms with Gasteiger partial charge in [0, 0.05) is 28.5 Å². The van der Waals surface area contributed by atoms with Gasteiger partial charge >= 0.3 is 6.85 Å². The van der Waals surface area contributed by atoms with E-state index >= 15 is 0 Å². The Hall–Kier alpha value is -6.92. The lowest BCUT2D eigenvalue weighted by molar-refractivity contribution is 0.446. The summed E-state index contributed by atoms with van der Waals surface area (Å²) in [4.78, 5) is 13.4. The highest BCUT2D eigenvalue weighted by molar-refractivity contribution is 6.83. The zero-order valence-corrected chi connectivity index (χ0v) is 44.7. The molecule has 0 saturated carbocycles. The first-order chi connectivity index (χ1) is 33.4. The molecule has 0 bridgehead atoms. The molecule has 2 aromatic heterocycles. The highest BCUT2D eigenvalue weighted by atomic mass is 16.3. The number of hydrogen-bond acceptors (Lipinski definition) is 4. The van der Waals surface area contributed by atoms with Crippen LogP contribution >= 0.6 is 0 Å². The summed E-state index contributed by atoms with van der Waals surface area (Å²) in [5.41, 5.74) is 18.4. The first kappa shape index (κ1) is 49.1. The van der Waals surface area contributed by atoms with Crippen LogP contribution in [0.15, 0.2) is 152 Å². The summed E-state index contributed by atoms with van der Waals surface area (Å²) in [6, 6.07) is 50.5. The van der Waals surface area contributed by atoms with E-state index in [-0.39, 0.29) is 34.3 Å². The van der Waals surface area contributed by atoms with E-state index in [2.05, 4.69) is 259 Å². The molecule has 0 amide bonds. The van der Waals surface area contributed by atoms with Gasteiger partial charge in [0.1, 0.15) is 17.3 Å². The molecule has 71 heavy (non-hydrogen) atoms. The molecule has 0 radical (unpaired) electrons. The maximum Gasteiger partial charge on any atom is 0.318 e. The average molecular weight is 935 g/mol. The van der Waals surface area contributed by atoms with Gasteiger partial charge in [-0.15, -0.1) is 0 Å². The Bertz CT molecular complexity index is 3310. The molecule has 8 aromatic rings. The zero-order chi connectivity index (χ0) is 50.9. The quantitative estimate of drug-likeness (QED) is 0.162. The molecular formula is C65H71BN4O. The zero-order valence-electron chi connectivity index (χ0n) is 44.7. The average Bonchev–Trinajstić information content (AvgIpc) is 3.72. The van der Waals surface area contributed by atoms with E-state index in [0.717, 1.165) is 73.0 Å². The van der Waals surface area contributed by atoms with Crippen molar-refractivity contribution >= 4 is 23.7 Å². The third kappa shape index (κ3) is 9.42. The SMILES string of the molecule is Cc1cccc(C)c1B1C=C(c2cc(-c3cc(-c4ccccc4)ccn3)cc(C(C)(C)C)c2)c2nc(-c3cc(C(C)(C)C)cc(C(C)(C)C)c3O)n(-c3ccc(C(C)(C)C)cc3-c3ccccc3)c2N1C. The molecule has 1 aliphatic heterocycles. The molecule has 1 N–H and O–H groups in total. The van der Waals surface area contributed by atoms with E-state index in [0.29, 0.717) is 11.4 Å². The van der Waals surface area contributed by atoms with Crippen molar-refractivity contribution in [2.24, 2.45) is 0 Å². The van der Waals surface area contributed by atoms with Crippen molar-refractivity contribution in [3.05, 3.63) is 196 Å². The third-order valence-electron chi connectivity index (χ3n) is 14.5. The second-order valence-electron chi connectivity index (χ2n) is 24.0. The van der Waals surface area contributed by atoms with Gasteiger partial charge in [0.05, 0.1) is 16.9 Å². The molecule has 0 spiro atoms. The van der Waals surface area contributed by atoms with Crippen molar-refractivity contribution in [2.45, 2.75) is 119 Å². The van der Waals surface area contributed by atoms with Gasteiger partial charge in [0.15, 0.2) is 5.82 Å². The number of imidazole rings is 1. The molecular weight excluding hydrogens is 864 g/mol. The first-order valence-corrected chi connectivity index (χ1v) is 25.3. The maximum absolute atomic E-state index is 12.9. The van der Waals surface area contributed by atoms with E-state index in [9.17, 15) is 5.11 Å². The Morgan fingerprint density at radius 1 is 0.507 bits per heavy atom. The minimum atomic E-state index is -0.356. The van der Waals surface area contributed by atoms with Gasteiger partial charge in [-0.25, -0.2) is 4.98 Å². The third-order valence-corrected chi connectivity index (χ3v) is 14.5. The van der Waals surface area contributed by atoms with Crippen LogP contribution in [-0.4, -0.2) is 33.5 Å². The number of phenolic OH excluding ortho intramolecular Hbond substituents is 1. The van der Waals surface area contributed by atoms with Crippen LogP contribution in [0.4, 0.5) is 5.82 Å². The van der Waals surface area contributed by atoms with Crippen LogP contribution in [0.1, 0.15) is 128 Å². The summed E-state index contributed by atoms with van der Waals surface area (Å²) in [5, 5.41) is 12.9. The molecule has 6 heteroatoms. The minimum absolute atomic E-state index is 0.106. The number of benzene rings is 6. The van der Waals surface area contributed by atoms with Crippen molar-refractivity contribution < 1.29 is 5.11 Å². The number of fused-ring (bicyclic) bond motifs is 1. The van der Waals surface area contributed by atoms with E-state index in [4.69, 9.17) is 9.97 Å². The molecule has 9 rings (SSSR count). The highest BCUT2D eigenvalue weighted by Crippen LogP contribution is 2.49. The molecule has 0 aliphatic carbocycles. The number of aromatic nitrogens is 3. The highest BCUT2D eigenvalue weighted by Gasteiger charge is 2.39. The van der Waals surface area contributed by atoms with Crippen LogP contribution in [0.25, 0.3) is 56.2 Å². The number of phenols is 1. The Balaban J connectivity index is 1.44. The second kappa shape index (κ2) is 18.0. The van der Waals surface area contributed by atoms with Crippen molar-refractivity contribution in [3.8, 4) is 56.3 Å².